The highest BCUT2D eigenvalue weighted by Crippen LogP contribution is 2.23. The van der Waals surface area contributed by atoms with E-state index in [1.54, 1.807) is 24.6 Å². The lowest BCUT2D eigenvalue weighted by Gasteiger charge is -2.31. The zero-order valence-corrected chi connectivity index (χ0v) is 18.1. The molecule has 0 unspecified atom stereocenters. The molecule has 1 saturated heterocycles. The number of halogens is 1. The highest BCUT2D eigenvalue weighted by Gasteiger charge is 2.26. The van der Waals surface area contributed by atoms with Crippen LogP contribution in [-0.4, -0.2) is 47.2 Å². The van der Waals surface area contributed by atoms with Gasteiger partial charge in [-0.25, -0.2) is 14.2 Å². The predicted octanol–water partition coefficient (Wildman–Crippen LogP) is 2.99. The molecular weight excluding hydrogens is 431 g/mol. The molecule has 8 nitrogen and oxygen atoms in total. The maximum Gasteiger partial charge on any atom is 0.322 e. The van der Waals surface area contributed by atoms with Gasteiger partial charge >= 0.3 is 6.03 Å². The maximum atomic E-state index is 13.8. The molecule has 1 fully saturated rings. The number of amides is 3. The van der Waals surface area contributed by atoms with Crippen LogP contribution in [0.3, 0.4) is 0 Å². The van der Waals surface area contributed by atoms with E-state index in [9.17, 15) is 14.0 Å². The second kappa shape index (κ2) is 8.75. The number of thiazole rings is 1. The Morgan fingerprint density at radius 3 is 2.84 bits per heavy atom. The highest BCUT2D eigenvalue weighted by atomic mass is 32.1. The molecule has 3 amide bonds. The van der Waals surface area contributed by atoms with Gasteiger partial charge < -0.3 is 21.3 Å². The average molecular weight is 453 g/mol. The van der Waals surface area contributed by atoms with Crippen molar-refractivity contribution in [2.45, 2.75) is 6.92 Å². The molecule has 3 aromatic rings. The molecule has 5 N–H and O–H groups in total. The fourth-order valence-electron chi connectivity index (χ4n) is 3.59. The number of fused-ring (bicyclic) bond motifs is 1. The number of rotatable bonds is 4. The second-order valence-electron chi connectivity index (χ2n) is 7.42. The Hall–Kier alpha value is -3.79. The smallest absolute Gasteiger partial charge is 0.322 e. The summed E-state index contributed by atoms with van der Waals surface area (Å²) < 4.78 is 14.8. The van der Waals surface area contributed by atoms with E-state index < -0.39 is 11.7 Å². The number of carbonyl (C=O) groups is 2. The number of carbonyl (C=O) groups excluding carboxylic acids is 2. The third-order valence-electron chi connectivity index (χ3n) is 5.07. The van der Waals surface area contributed by atoms with Crippen molar-refractivity contribution in [2.75, 3.05) is 25.0 Å². The second-order valence-corrected chi connectivity index (χ2v) is 8.31. The molecular formula is C22H21FN6O2S. The molecule has 0 spiro atoms. The van der Waals surface area contributed by atoms with Crippen LogP contribution >= 0.6 is 11.3 Å². The fraction of sp³-hybridized carbons (Fsp3) is 0.182. The number of nitrogens with one attached hydrogen (secondary N) is 3. The number of piperazine rings is 1. The summed E-state index contributed by atoms with van der Waals surface area (Å²) in [6, 6.07) is 9.24. The van der Waals surface area contributed by atoms with E-state index in [1.165, 1.54) is 28.4 Å². The minimum Gasteiger partial charge on any atom is -0.384 e. The molecule has 0 aliphatic carbocycles. The molecule has 0 bridgehead atoms. The number of aryl methyl sites for hydroxylation is 1. The van der Waals surface area contributed by atoms with Crippen LogP contribution in [-0.2, 0) is 4.79 Å². The van der Waals surface area contributed by atoms with E-state index in [1.807, 2.05) is 12.1 Å². The Kier molecular flexibility index (Phi) is 5.87. The summed E-state index contributed by atoms with van der Waals surface area (Å²) in [6.07, 6.45) is 0. The van der Waals surface area contributed by atoms with Crippen LogP contribution in [0.2, 0.25) is 0 Å². The first-order valence-corrected chi connectivity index (χ1v) is 10.7. The summed E-state index contributed by atoms with van der Waals surface area (Å²) in [5.41, 5.74) is 9.75. The van der Waals surface area contributed by atoms with Gasteiger partial charge in [-0.2, -0.15) is 0 Å². The Labute approximate surface area is 187 Å². The van der Waals surface area contributed by atoms with Gasteiger partial charge in [0, 0.05) is 30.0 Å². The van der Waals surface area contributed by atoms with Crippen LogP contribution in [0.5, 0.6) is 0 Å². The van der Waals surface area contributed by atoms with Crippen molar-refractivity contribution >= 4 is 44.9 Å². The number of anilines is 1. The first-order chi connectivity index (χ1) is 15.3. The van der Waals surface area contributed by atoms with Crippen molar-refractivity contribution in [3.05, 3.63) is 70.1 Å². The van der Waals surface area contributed by atoms with Gasteiger partial charge in [-0.1, -0.05) is 0 Å². The monoisotopic (exact) mass is 452 g/mol. The molecule has 1 aliphatic rings. The summed E-state index contributed by atoms with van der Waals surface area (Å²) in [6.45, 7) is 2.54. The molecule has 4 rings (SSSR count). The minimum absolute atomic E-state index is 0.0591. The zero-order chi connectivity index (χ0) is 22.8. The van der Waals surface area contributed by atoms with Crippen molar-refractivity contribution in [1.29, 1.82) is 5.41 Å². The minimum atomic E-state index is -0.822. The van der Waals surface area contributed by atoms with Gasteiger partial charge in [-0.15, -0.1) is 11.3 Å². The largest absolute Gasteiger partial charge is 0.384 e. The molecule has 0 radical (unpaired) electrons. The Balaban J connectivity index is 1.57. The summed E-state index contributed by atoms with van der Waals surface area (Å²) in [5.74, 6) is -1.33. The molecule has 32 heavy (non-hydrogen) atoms. The number of benzene rings is 2. The van der Waals surface area contributed by atoms with Gasteiger partial charge in [0.1, 0.15) is 5.82 Å². The Morgan fingerprint density at radius 2 is 2.09 bits per heavy atom. The SMILES string of the molecule is Cc1cc(F)cc(C(=N)/C(C(N)=O)=C2/CN(C(=O)Nc3ccc4ncsc4c3)CCN2)c1. The standard InChI is InChI=1S/C22H21FN6O2S/c1-12-6-13(8-14(23)7-12)20(24)19(21(25)30)17-10-29(5-4-26-17)22(31)28-15-2-3-16-18(9-15)32-11-27-16/h2-3,6-9,11,24,26H,4-5,10H2,1H3,(H2,25,30)(H,28,31)/b19-17+,24-20?. The zero-order valence-electron chi connectivity index (χ0n) is 17.2. The van der Waals surface area contributed by atoms with Crippen molar-refractivity contribution in [2.24, 2.45) is 5.73 Å². The molecule has 1 aromatic heterocycles. The molecule has 164 valence electrons. The fourth-order valence-corrected chi connectivity index (χ4v) is 4.31. The van der Waals surface area contributed by atoms with Crippen LogP contribution < -0.4 is 16.4 Å². The maximum absolute atomic E-state index is 13.8. The molecule has 0 atom stereocenters. The first-order valence-electron chi connectivity index (χ1n) is 9.84. The van der Waals surface area contributed by atoms with E-state index >= 15 is 0 Å². The summed E-state index contributed by atoms with van der Waals surface area (Å²) >= 11 is 1.48. The van der Waals surface area contributed by atoms with Crippen molar-refractivity contribution in [3.63, 3.8) is 0 Å². The van der Waals surface area contributed by atoms with Crippen molar-refractivity contribution in [1.82, 2.24) is 15.2 Å². The number of nitrogens with two attached hydrogens (primary N) is 1. The first kappa shape index (κ1) is 21.4. The van der Waals surface area contributed by atoms with E-state index in [0.29, 0.717) is 30.0 Å². The normalized spacial score (nSPS) is 15.2. The molecule has 2 heterocycles. The molecule has 0 saturated carbocycles. The van der Waals surface area contributed by atoms with Crippen LogP contribution in [0.15, 0.2) is 53.2 Å². The van der Waals surface area contributed by atoms with Gasteiger partial charge in [-0.05, 0) is 48.9 Å². The lowest BCUT2D eigenvalue weighted by molar-refractivity contribution is -0.114. The van der Waals surface area contributed by atoms with E-state index in [0.717, 1.165) is 10.2 Å². The number of primary amides is 1. The average Bonchev–Trinajstić information content (AvgIpc) is 3.21. The third-order valence-corrected chi connectivity index (χ3v) is 5.86. The van der Waals surface area contributed by atoms with Gasteiger partial charge in [-0.3, -0.25) is 10.2 Å². The quantitative estimate of drug-likeness (QED) is 0.359. The van der Waals surface area contributed by atoms with Gasteiger partial charge in [0.15, 0.2) is 0 Å². The van der Waals surface area contributed by atoms with Crippen LogP contribution in [0.4, 0.5) is 14.9 Å². The van der Waals surface area contributed by atoms with Crippen LogP contribution in [0.25, 0.3) is 10.2 Å². The van der Waals surface area contributed by atoms with Gasteiger partial charge in [0.25, 0.3) is 5.91 Å². The van der Waals surface area contributed by atoms with E-state index in [-0.39, 0.29) is 29.4 Å². The van der Waals surface area contributed by atoms with Crippen molar-refractivity contribution in [3.8, 4) is 0 Å². The number of nitrogens with zero attached hydrogens (tertiary/aromatic N) is 2. The van der Waals surface area contributed by atoms with E-state index in [4.69, 9.17) is 11.1 Å². The number of hydrogen-bond acceptors (Lipinski definition) is 6. The summed E-state index contributed by atoms with van der Waals surface area (Å²) in [4.78, 5) is 30.8. The molecule has 2 aromatic carbocycles. The topological polar surface area (TPSA) is 124 Å². The van der Waals surface area contributed by atoms with Crippen LogP contribution in [0, 0.1) is 18.2 Å². The summed E-state index contributed by atoms with van der Waals surface area (Å²) in [7, 11) is 0. The highest BCUT2D eigenvalue weighted by molar-refractivity contribution is 7.16. The Bertz CT molecular complexity index is 1250. The lowest BCUT2D eigenvalue weighted by atomic mass is 9.97. The lowest BCUT2D eigenvalue weighted by Crippen LogP contribution is -2.48. The molecule has 10 heteroatoms. The molecule has 1 aliphatic heterocycles. The Morgan fingerprint density at radius 1 is 1.28 bits per heavy atom. The summed E-state index contributed by atoms with van der Waals surface area (Å²) in [5, 5.41) is 14.4. The van der Waals surface area contributed by atoms with Crippen molar-refractivity contribution < 1.29 is 14.0 Å². The van der Waals surface area contributed by atoms with Gasteiger partial charge in [0.05, 0.1) is 33.6 Å². The van der Waals surface area contributed by atoms with Gasteiger partial charge in [0.2, 0.25) is 0 Å². The van der Waals surface area contributed by atoms with Crippen LogP contribution in [0.1, 0.15) is 11.1 Å². The third kappa shape index (κ3) is 4.45. The number of hydrogen-bond donors (Lipinski definition) is 4. The number of urea groups is 1. The predicted molar refractivity (Wildman–Crippen MR) is 122 cm³/mol. The van der Waals surface area contributed by atoms with E-state index in [2.05, 4.69) is 15.6 Å². The number of aromatic nitrogens is 1.